The van der Waals surface area contributed by atoms with E-state index in [0.29, 0.717) is 37.7 Å². The number of carbonyl (C=O) groups is 2. The van der Waals surface area contributed by atoms with Crippen molar-refractivity contribution in [1.29, 1.82) is 0 Å². The van der Waals surface area contributed by atoms with Crippen LogP contribution in [0.3, 0.4) is 0 Å². The van der Waals surface area contributed by atoms with E-state index in [-0.39, 0.29) is 23.6 Å². The molecule has 1 fully saturated rings. The minimum absolute atomic E-state index is 0.0746. The summed E-state index contributed by atoms with van der Waals surface area (Å²) in [5.74, 6) is 0.189. The van der Waals surface area contributed by atoms with Gasteiger partial charge in [0, 0.05) is 38.0 Å². The SMILES string of the molecule is C=CC(=O)N1CCCCC(n2c(NC(=O)c3ccccc3)nc3cc(CN(C)CCS(C)(=O)=O)cc(C)c32)C1. The summed E-state index contributed by atoms with van der Waals surface area (Å²) in [6, 6.07) is 13.0. The van der Waals surface area contributed by atoms with E-state index < -0.39 is 9.84 Å². The zero-order valence-corrected chi connectivity index (χ0v) is 23.7. The van der Waals surface area contributed by atoms with Gasteiger partial charge in [-0.05, 0) is 68.6 Å². The van der Waals surface area contributed by atoms with Crippen molar-refractivity contribution in [1.82, 2.24) is 19.4 Å². The highest BCUT2D eigenvalue weighted by Crippen LogP contribution is 2.33. The first-order valence-electron chi connectivity index (χ1n) is 13.2. The van der Waals surface area contributed by atoms with Crippen LogP contribution in [-0.2, 0) is 21.2 Å². The Morgan fingerprint density at radius 1 is 1.21 bits per heavy atom. The molecular formula is C29H37N5O4S. The molecule has 1 unspecified atom stereocenters. The van der Waals surface area contributed by atoms with Crippen LogP contribution in [0.4, 0.5) is 5.95 Å². The molecule has 3 aromatic rings. The number of hydrogen-bond acceptors (Lipinski definition) is 6. The van der Waals surface area contributed by atoms with E-state index in [1.165, 1.54) is 12.3 Å². The van der Waals surface area contributed by atoms with E-state index >= 15 is 0 Å². The first kappa shape index (κ1) is 28.5. The normalized spacial score (nSPS) is 16.3. The molecule has 10 heteroatoms. The molecule has 1 aromatic heterocycles. The zero-order chi connectivity index (χ0) is 28.2. The Hall–Kier alpha value is -3.50. The summed E-state index contributed by atoms with van der Waals surface area (Å²) in [5.41, 5.74) is 4.20. The van der Waals surface area contributed by atoms with Crippen molar-refractivity contribution in [2.45, 2.75) is 38.8 Å². The van der Waals surface area contributed by atoms with E-state index in [0.717, 1.165) is 41.4 Å². The average molecular weight is 552 g/mol. The molecule has 2 heterocycles. The second-order valence-corrected chi connectivity index (χ2v) is 12.7. The number of aryl methyl sites for hydroxylation is 1. The third-order valence-electron chi connectivity index (χ3n) is 7.09. The first-order valence-corrected chi connectivity index (χ1v) is 15.3. The molecular weight excluding hydrogens is 514 g/mol. The van der Waals surface area contributed by atoms with Gasteiger partial charge in [0.15, 0.2) is 0 Å². The molecule has 1 atom stereocenters. The second kappa shape index (κ2) is 12.1. The molecule has 1 saturated heterocycles. The van der Waals surface area contributed by atoms with Crippen molar-refractivity contribution >= 4 is 38.6 Å². The van der Waals surface area contributed by atoms with Crippen LogP contribution in [0.25, 0.3) is 11.0 Å². The summed E-state index contributed by atoms with van der Waals surface area (Å²) in [7, 11) is -1.16. The number of rotatable bonds is 9. The molecule has 1 aliphatic heterocycles. The molecule has 39 heavy (non-hydrogen) atoms. The highest BCUT2D eigenvalue weighted by atomic mass is 32.2. The quantitative estimate of drug-likeness (QED) is 0.406. The smallest absolute Gasteiger partial charge is 0.257 e. The summed E-state index contributed by atoms with van der Waals surface area (Å²) in [5, 5.41) is 3.03. The summed E-state index contributed by atoms with van der Waals surface area (Å²) in [6.45, 7) is 7.85. The van der Waals surface area contributed by atoms with Gasteiger partial charge in [0.2, 0.25) is 11.9 Å². The van der Waals surface area contributed by atoms with Gasteiger partial charge >= 0.3 is 0 Å². The lowest BCUT2D eigenvalue weighted by Gasteiger charge is -2.26. The van der Waals surface area contributed by atoms with Gasteiger partial charge in [0.1, 0.15) is 9.84 Å². The lowest BCUT2D eigenvalue weighted by Crippen LogP contribution is -2.34. The molecule has 4 rings (SSSR count). The monoisotopic (exact) mass is 551 g/mol. The van der Waals surface area contributed by atoms with Gasteiger partial charge in [0.05, 0.1) is 22.8 Å². The number of imidazole rings is 1. The number of benzene rings is 2. The predicted octanol–water partition coefficient (Wildman–Crippen LogP) is 3.81. The van der Waals surface area contributed by atoms with Crippen LogP contribution in [0.2, 0.25) is 0 Å². The molecule has 0 bridgehead atoms. The summed E-state index contributed by atoms with van der Waals surface area (Å²) < 4.78 is 25.3. The third-order valence-corrected chi connectivity index (χ3v) is 8.02. The highest BCUT2D eigenvalue weighted by Gasteiger charge is 2.27. The second-order valence-electron chi connectivity index (χ2n) is 10.4. The Labute approximate surface area is 230 Å². The maximum Gasteiger partial charge on any atom is 0.257 e. The van der Waals surface area contributed by atoms with Crippen molar-refractivity contribution in [3.8, 4) is 0 Å². The number of sulfone groups is 1. The third kappa shape index (κ3) is 7.13. The van der Waals surface area contributed by atoms with Crippen LogP contribution in [0.15, 0.2) is 55.1 Å². The van der Waals surface area contributed by atoms with Crippen LogP contribution in [0.5, 0.6) is 0 Å². The van der Waals surface area contributed by atoms with Crippen LogP contribution >= 0.6 is 0 Å². The lowest BCUT2D eigenvalue weighted by atomic mass is 10.1. The van der Waals surface area contributed by atoms with Crippen molar-refractivity contribution < 1.29 is 18.0 Å². The molecule has 9 nitrogen and oxygen atoms in total. The molecule has 1 N–H and O–H groups in total. The Balaban J connectivity index is 1.74. The zero-order valence-electron chi connectivity index (χ0n) is 22.9. The number of hydrogen-bond donors (Lipinski definition) is 1. The number of likely N-dealkylation sites (tertiary alicyclic amines) is 1. The number of nitrogens with one attached hydrogen (secondary N) is 1. The van der Waals surface area contributed by atoms with Gasteiger partial charge in [-0.2, -0.15) is 0 Å². The minimum Gasteiger partial charge on any atom is -0.337 e. The number of fused-ring (bicyclic) bond motifs is 1. The molecule has 2 amide bonds. The van der Waals surface area contributed by atoms with E-state index in [2.05, 4.69) is 22.5 Å². The molecule has 0 radical (unpaired) electrons. The number of aromatic nitrogens is 2. The van der Waals surface area contributed by atoms with Crippen LogP contribution < -0.4 is 5.32 Å². The molecule has 0 aliphatic carbocycles. The fourth-order valence-corrected chi connectivity index (χ4v) is 5.82. The largest absolute Gasteiger partial charge is 0.337 e. The number of anilines is 1. The molecule has 0 spiro atoms. The van der Waals surface area contributed by atoms with Gasteiger partial charge in [0.25, 0.3) is 5.91 Å². The topological polar surface area (TPSA) is 105 Å². The molecule has 1 aliphatic rings. The van der Waals surface area contributed by atoms with Crippen LogP contribution in [0.1, 0.15) is 46.8 Å². The van der Waals surface area contributed by atoms with Gasteiger partial charge in [-0.1, -0.05) is 30.8 Å². The molecule has 0 saturated carbocycles. The van der Waals surface area contributed by atoms with Gasteiger partial charge in [-0.3, -0.25) is 14.9 Å². The summed E-state index contributed by atoms with van der Waals surface area (Å²) in [6.07, 6.45) is 5.28. The van der Waals surface area contributed by atoms with Crippen molar-refractivity contribution in [2.75, 3.05) is 44.0 Å². The first-order chi connectivity index (χ1) is 18.6. The fourth-order valence-electron chi connectivity index (χ4n) is 5.18. The van der Waals surface area contributed by atoms with E-state index in [1.54, 1.807) is 12.1 Å². The number of amides is 2. The Morgan fingerprint density at radius 2 is 1.95 bits per heavy atom. The maximum absolute atomic E-state index is 13.2. The number of carbonyl (C=O) groups excluding carboxylic acids is 2. The van der Waals surface area contributed by atoms with Crippen molar-refractivity contribution in [2.24, 2.45) is 0 Å². The van der Waals surface area contributed by atoms with E-state index in [4.69, 9.17) is 4.98 Å². The van der Waals surface area contributed by atoms with Gasteiger partial charge in [-0.25, -0.2) is 13.4 Å². The fraction of sp³-hybridized carbons (Fsp3) is 0.414. The van der Waals surface area contributed by atoms with E-state index in [9.17, 15) is 18.0 Å². The van der Waals surface area contributed by atoms with Gasteiger partial charge < -0.3 is 14.4 Å². The average Bonchev–Trinajstić information content (AvgIpc) is 3.08. The van der Waals surface area contributed by atoms with E-state index in [1.807, 2.05) is 48.0 Å². The Kier molecular flexibility index (Phi) is 8.87. The van der Waals surface area contributed by atoms with Crippen molar-refractivity contribution in [3.63, 3.8) is 0 Å². The van der Waals surface area contributed by atoms with Crippen molar-refractivity contribution in [3.05, 3.63) is 71.8 Å². The predicted molar refractivity (Wildman–Crippen MR) is 155 cm³/mol. The molecule has 2 aromatic carbocycles. The molecule has 208 valence electrons. The Morgan fingerprint density at radius 3 is 2.64 bits per heavy atom. The Bertz CT molecular complexity index is 1470. The summed E-state index contributed by atoms with van der Waals surface area (Å²) in [4.78, 5) is 34.4. The summed E-state index contributed by atoms with van der Waals surface area (Å²) >= 11 is 0. The van der Waals surface area contributed by atoms with Crippen LogP contribution in [-0.4, -0.2) is 78.3 Å². The standard InChI is InChI=1S/C29H37N5O4S/c1-5-26(35)33-14-10-9-13-24(20-33)34-27-21(2)17-22(19-32(3)15-16-39(4,37)38)18-25(27)30-29(34)31-28(36)23-11-7-6-8-12-23/h5-8,11-12,17-18,24H,1,9-10,13-16,19-20H2,2-4H3,(H,30,31,36). The van der Waals surface area contributed by atoms with Gasteiger partial charge in [-0.15, -0.1) is 0 Å². The highest BCUT2D eigenvalue weighted by molar-refractivity contribution is 7.90. The lowest BCUT2D eigenvalue weighted by molar-refractivity contribution is -0.126. The van der Waals surface area contributed by atoms with Crippen LogP contribution in [0, 0.1) is 6.92 Å². The number of nitrogens with zero attached hydrogens (tertiary/aromatic N) is 4. The minimum atomic E-state index is -3.05. The maximum atomic E-state index is 13.2.